The molecule has 0 aliphatic heterocycles. The van der Waals surface area contributed by atoms with Crippen molar-refractivity contribution < 1.29 is 13.9 Å². The Bertz CT molecular complexity index is 775. The highest BCUT2D eigenvalue weighted by atomic mass is 16.5. The van der Waals surface area contributed by atoms with Gasteiger partial charge >= 0.3 is 5.97 Å². The van der Waals surface area contributed by atoms with E-state index in [1.54, 1.807) is 31.5 Å². The number of rotatable bonds is 3. The number of anilines is 1. The highest BCUT2D eigenvalue weighted by molar-refractivity contribution is 5.93. The van der Waals surface area contributed by atoms with E-state index in [1.165, 1.54) is 10.9 Å². The summed E-state index contributed by atoms with van der Waals surface area (Å²) in [7, 11) is 0. The van der Waals surface area contributed by atoms with Crippen LogP contribution < -0.4 is 5.73 Å². The first kappa shape index (κ1) is 12.2. The topological polar surface area (TPSA) is 96.2 Å². The van der Waals surface area contributed by atoms with Crippen LogP contribution in [0.4, 0.5) is 5.69 Å². The maximum atomic E-state index is 11.7. The van der Waals surface area contributed by atoms with Gasteiger partial charge in [0.1, 0.15) is 5.58 Å². The molecule has 20 heavy (non-hydrogen) atoms. The van der Waals surface area contributed by atoms with E-state index in [1.807, 2.05) is 0 Å². The Morgan fingerprint density at radius 3 is 3.15 bits per heavy atom. The van der Waals surface area contributed by atoms with E-state index in [0.29, 0.717) is 11.4 Å². The number of furan rings is 1. The van der Waals surface area contributed by atoms with Crippen molar-refractivity contribution in [3.63, 3.8) is 0 Å². The van der Waals surface area contributed by atoms with E-state index in [-0.39, 0.29) is 18.0 Å². The number of nitrogen functional groups attached to an aromatic ring is 1. The van der Waals surface area contributed by atoms with Crippen LogP contribution >= 0.6 is 0 Å². The van der Waals surface area contributed by atoms with Crippen LogP contribution in [0.15, 0.2) is 35.2 Å². The Morgan fingerprint density at radius 1 is 1.50 bits per heavy atom. The van der Waals surface area contributed by atoms with Crippen molar-refractivity contribution in [2.24, 2.45) is 0 Å². The van der Waals surface area contributed by atoms with Crippen LogP contribution in [-0.4, -0.2) is 27.3 Å². The summed E-state index contributed by atoms with van der Waals surface area (Å²) in [6.07, 6.45) is 4.69. The second-order valence-corrected chi connectivity index (χ2v) is 4.07. The van der Waals surface area contributed by atoms with Crippen molar-refractivity contribution in [1.29, 1.82) is 0 Å². The standard InChI is InChI=1S/C13H12N4O3/c1-2-19-13(18)11-9(14)7-17(16-11)12-8-4-6-20-10(8)3-5-15-12/h3-7H,2,14H2,1H3. The molecule has 7 nitrogen and oxygen atoms in total. The minimum absolute atomic E-state index is 0.0779. The van der Waals surface area contributed by atoms with Crippen LogP contribution in [0.2, 0.25) is 0 Å². The Balaban J connectivity index is 2.09. The van der Waals surface area contributed by atoms with Gasteiger partial charge in [0.05, 0.1) is 30.1 Å². The third-order valence-corrected chi connectivity index (χ3v) is 2.79. The molecular formula is C13H12N4O3. The molecule has 0 spiro atoms. The van der Waals surface area contributed by atoms with E-state index in [0.717, 1.165) is 5.39 Å². The maximum Gasteiger partial charge on any atom is 0.361 e. The van der Waals surface area contributed by atoms with E-state index >= 15 is 0 Å². The van der Waals surface area contributed by atoms with Crippen molar-refractivity contribution in [2.75, 3.05) is 12.3 Å². The molecule has 3 heterocycles. The van der Waals surface area contributed by atoms with Gasteiger partial charge in [-0.05, 0) is 19.1 Å². The summed E-state index contributed by atoms with van der Waals surface area (Å²) in [5.41, 5.74) is 6.80. The van der Waals surface area contributed by atoms with Crippen LogP contribution in [0.5, 0.6) is 0 Å². The Morgan fingerprint density at radius 2 is 2.35 bits per heavy atom. The highest BCUT2D eigenvalue weighted by Crippen LogP contribution is 2.22. The molecule has 7 heteroatoms. The second-order valence-electron chi connectivity index (χ2n) is 4.07. The molecule has 3 aromatic rings. The molecule has 2 N–H and O–H groups in total. The monoisotopic (exact) mass is 272 g/mol. The summed E-state index contributed by atoms with van der Waals surface area (Å²) < 4.78 is 11.6. The molecule has 0 radical (unpaired) electrons. The molecule has 0 bridgehead atoms. The average Bonchev–Trinajstić information content (AvgIpc) is 3.04. The zero-order valence-electron chi connectivity index (χ0n) is 10.7. The predicted octanol–water partition coefficient (Wildman–Crippen LogP) is 1.77. The third kappa shape index (κ3) is 1.89. The molecule has 0 aliphatic rings. The quantitative estimate of drug-likeness (QED) is 0.730. The number of fused-ring (bicyclic) bond motifs is 1. The molecule has 0 atom stereocenters. The van der Waals surface area contributed by atoms with Gasteiger partial charge in [0.25, 0.3) is 0 Å². The fourth-order valence-electron chi connectivity index (χ4n) is 1.92. The first-order valence-corrected chi connectivity index (χ1v) is 6.05. The van der Waals surface area contributed by atoms with Crippen molar-refractivity contribution >= 4 is 22.6 Å². The molecule has 0 amide bonds. The number of hydrogen-bond acceptors (Lipinski definition) is 6. The van der Waals surface area contributed by atoms with Gasteiger partial charge in [-0.3, -0.25) is 0 Å². The van der Waals surface area contributed by atoms with Crippen molar-refractivity contribution in [1.82, 2.24) is 14.8 Å². The van der Waals surface area contributed by atoms with E-state index < -0.39 is 5.97 Å². The van der Waals surface area contributed by atoms with Gasteiger partial charge in [-0.25, -0.2) is 14.5 Å². The van der Waals surface area contributed by atoms with Crippen LogP contribution in [0.3, 0.4) is 0 Å². The molecular weight excluding hydrogens is 260 g/mol. The summed E-state index contributed by atoms with van der Waals surface area (Å²) in [5.74, 6) is -0.0124. The number of nitrogens with zero attached hydrogens (tertiary/aromatic N) is 3. The number of aromatic nitrogens is 3. The molecule has 0 aliphatic carbocycles. The maximum absolute atomic E-state index is 11.7. The van der Waals surface area contributed by atoms with Gasteiger partial charge in [0, 0.05) is 6.20 Å². The van der Waals surface area contributed by atoms with Gasteiger partial charge in [-0.1, -0.05) is 0 Å². The average molecular weight is 272 g/mol. The SMILES string of the molecule is CCOC(=O)c1nn(-c2nccc3occc23)cc1N. The molecule has 0 aromatic carbocycles. The molecule has 3 rings (SSSR count). The summed E-state index contributed by atoms with van der Waals surface area (Å²) >= 11 is 0. The Hall–Kier alpha value is -2.83. The predicted molar refractivity (Wildman–Crippen MR) is 71.5 cm³/mol. The van der Waals surface area contributed by atoms with Gasteiger partial charge in [-0.15, -0.1) is 0 Å². The summed E-state index contributed by atoms with van der Waals surface area (Å²) in [6.45, 7) is 1.99. The number of carbonyl (C=O) groups is 1. The highest BCUT2D eigenvalue weighted by Gasteiger charge is 2.18. The molecule has 102 valence electrons. The molecule has 0 unspecified atom stereocenters. The number of carbonyl (C=O) groups excluding carboxylic acids is 1. The van der Waals surface area contributed by atoms with Crippen LogP contribution in [0.1, 0.15) is 17.4 Å². The van der Waals surface area contributed by atoms with Gasteiger partial charge < -0.3 is 14.9 Å². The largest absolute Gasteiger partial charge is 0.464 e. The summed E-state index contributed by atoms with van der Waals surface area (Å²) in [6, 6.07) is 3.53. The van der Waals surface area contributed by atoms with Crippen molar-refractivity contribution in [3.8, 4) is 5.82 Å². The van der Waals surface area contributed by atoms with E-state index in [4.69, 9.17) is 14.9 Å². The third-order valence-electron chi connectivity index (χ3n) is 2.79. The zero-order valence-corrected chi connectivity index (χ0v) is 10.7. The number of pyridine rings is 1. The summed E-state index contributed by atoms with van der Waals surface area (Å²) in [4.78, 5) is 15.9. The minimum Gasteiger partial charge on any atom is -0.464 e. The van der Waals surface area contributed by atoms with E-state index in [9.17, 15) is 4.79 Å². The fraction of sp³-hybridized carbons (Fsp3) is 0.154. The number of ether oxygens (including phenoxy) is 1. The van der Waals surface area contributed by atoms with Gasteiger partial charge in [-0.2, -0.15) is 5.10 Å². The number of hydrogen-bond donors (Lipinski definition) is 1. The molecule has 0 fully saturated rings. The lowest BCUT2D eigenvalue weighted by molar-refractivity contribution is 0.0520. The fourth-order valence-corrected chi connectivity index (χ4v) is 1.92. The van der Waals surface area contributed by atoms with E-state index in [2.05, 4.69) is 10.1 Å². The molecule has 3 aromatic heterocycles. The van der Waals surface area contributed by atoms with Gasteiger partial charge in [0.2, 0.25) is 0 Å². The zero-order chi connectivity index (χ0) is 14.1. The number of esters is 1. The Labute approximate surface area is 114 Å². The minimum atomic E-state index is -0.553. The van der Waals surface area contributed by atoms with Crippen molar-refractivity contribution in [3.05, 3.63) is 36.5 Å². The first-order chi connectivity index (χ1) is 9.70. The van der Waals surface area contributed by atoms with Crippen LogP contribution in [-0.2, 0) is 4.74 Å². The molecule has 0 saturated carbocycles. The second kappa shape index (κ2) is 4.69. The van der Waals surface area contributed by atoms with Crippen LogP contribution in [0.25, 0.3) is 16.8 Å². The Kier molecular flexibility index (Phi) is 2.86. The lowest BCUT2D eigenvalue weighted by Gasteiger charge is -2.01. The molecule has 0 saturated heterocycles. The number of nitrogens with two attached hydrogens (primary N) is 1. The lowest BCUT2D eigenvalue weighted by atomic mass is 10.3. The first-order valence-electron chi connectivity index (χ1n) is 6.05. The van der Waals surface area contributed by atoms with Crippen molar-refractivity contribution in [2.45, 2.75) is 6.92 Å². The normalized spacial score (nSPS) is 10.8. The van der Waals surface area contributed by atoms with Crippen LogP contribution in [0, 0.1) is 0 Å². The summed E-state index contributed by atoms with van der Waals surface area (Å²) in [5, 5.41) is 4.92. The smallest absolute Gasteiger partial charge is 0.361 e. The lowest BCUT2D eigenvalue weighted by Crippen LogP contribution is -2.08. The van der Waals surface area contributed by atoms with Gasteiger partial charge in [0.15, 0.2) is 11.5 Å².